The highest BCUT2D eigenvalue weighted by Gasteiger charge is 2.42. The second-order valence-corrected chi connectivity index (χ2v) is 9.13. The number of benzene rings is 1. The van der Waals surface area contributed by atoms with Gasteiger partial charge in [0.1, 0.15) is 5.75 Å². The number of nitrogens with zero attached hydrogens (tertiary/aromatic N) is 1. The van der Waals surface area contributed by atoms with E-state index in [0.29, 0.717) is 23.1 Å². The van der Waals surface area contributed by atoms with Crippen molar-refractivity contribution in [3.63, 3.8) is 0 Å². The molecule has 0 aliphatic heterocycles. The van der Waals surface area contributed by atoms with E-state index < -0.39 is 17.3 Å². The highest BCUT2D eigenvalue weighted by atomic mass is 32.1. The molecule has 2 amide bonds. The van der Waals surface area contributed by atoms with Gasteiger partial charge in [-0.2, -0.15) is 0 Å². The van der Waals surface area contributed by atoms with Gasteiger partial charge >= 0.3 is 6.36 Å². The quantitative estimate of drug-likeness (QED) is 0.606. The van der Waals surface area contributed by atoms with E-state index in [1.165, 1.54) is 18.2 Å². The second-order valence-electron chi connectivity index (χ2n) is 8.10. The zero-order chi connectivity index (χ0) is 22.2. The molecule has 1 saturated carbocycles. The van der Waals surface area contributed by atoms with Crippen LogP contribution in [0.25, 0.3) is 10.2 Å². The summed E-state index contributed by atoms with van der Waals surface area (Å²) in [5, 5.41) is 5.92. The lowest BCUT2D eigenvalue weighted by Crippen LogP contribution is -2.58. The minimum Gasteiger partial charge on any atom is -0.406 e. The van der Waals surface area contributed by atoms with Gasteiger partial charge in [-0.25, -0.2) is 4.98 Å². The van der Waals surface area contributed by atoms with E-state index in [-0.39, 0.29) is 35.7 Å². The first-order valence-electron chi connectivity index (χ1n) is 9.40. The number of nitrogens with two attached hydrogens (primary N) is 1. The molecule has 30 heavy (non-hydrogen) atoms. The number of halogens is 3. The van der Waals surface area contributed by atoms with Gasteiger partial charge in [0.15, 0.2) is 5.13 Å². The standard InChI is InChI=1S/C19H23F3N4O3S/c1-17(2,10-23)15(28)26-18(6-3-7-18)9-14(27)25-16-24-12-5-4-11(8-13(12)30-16)29-19(20,21)22/h4-5,8H,3,6-7,9-10,23H2,1-2H3,(H,26,28)(H,24,25,27). The molecule has 0 spiro atoms. The largest absolute Gasteiger partial charge is 0.573 e. The summed E-state index contributed by atoms with van der Waals surface area (Å²) >= 11 is 1.04. The number of hydrogen-bond donors (Lipinski definition) is 3. The minimum absolute atomic E-state index is 0.0811. The van der Waals surface area contributed by atoms with Gasteiger partial charge < -0.3 is 21.1 Å². The van der Waals surface area contributed by atoms with Crippen LogP contribution in [0.4, 0.5) is 18.3 Å². The molecule has 1 aliphatic carbocycles. The molecule has 7 nitrogen and oxygen atoms in total. The number of nitrogens with one attached hydrogen (secondary N) is 2. The molecule has 0 bridgehead atoms. The number of hydrogen-bond acceptors (Lipinski definition) is 6. The molecule has 164 valence electrons. The summed E-state index contributed by atoms with van der Waals surface area (Å²) in [4.78, 5) is 29.2. The minimum atomic E-state index is -4.78. The van der Waals surface area contributed by atoms with Crippen LogP contribution in [0.15, 0.2) is 18.2 Å². The van der Waals surface area contributed by atoms with E-state index in [0.717, 1.165) is 17.8 Å². The number of rotatable bonds is 7. The third-order valence-electron chi connectivity index (χ3n) is 5.15. The van der Waals surface area contributed by atoms with E-state index in [9.17, 15) is 22.8 Å². The van der Waals surface area contributed by atoms with E-state index in [2.05, 4.69) is 20.4 Å². The van der Waals surface area contributed by atoms with Crippen molar-refractivity contribution >= 4 is 38.5 Å². The number of carbonyl (C=O) groups is 2. The molecular weight excluding hydrogens is 421 g/mol. The molecule has 1 fully saturated rings. The number of thiazole rings is 1. The van der Waals surface area contributed by atoms with Gasteiger partial charge in [0.25, 0.3) is 0 Å². The predicted octanol–water partition coefficient (Wildman–Crippen LogP) is 3.55. The van der Waals surface area contributed by atoms with Crippen LogP contribution in [0.3, 0.4) is 0 Å². The fraction of sp³-hybridized carbons (Fsp3) is 0.526. The summed E-state index contributed by atoms with van der Waals surface area (Å²) < 4.78 is 41.5. The van der Waals surface area contributed by atoms with Crippen molar-refractivity contribution in [1.82, 2.24) is 10.3 Å². The maximum atomic E-state index is 12.6. The number of alkyl halides is 3. The molecule has 4 N–H and O–H groups in total. The first-order valence-corrected chi connectivity index (χ1v) is 10.2. The van der Waals surface area contributed by atoms with Gasteiger partial charge in [-0.05, 0) is 45.2 Å². The molecule has 0 unspecified atom stereocenters. The van der Waals surface area contributed by atoms with Crippen molar-refractivity contribution in [3.8, 4) is 5.75 Å². The monoisotopic (exact) mass is 444 g/mol. The maximum absolute atomic E-state index is 12.6. The molecule has 1 heterocycles. The van der Waals surface area contributed by atoms with E-state index >= 15 is 0 Å². The molecular formula is C19H23F3N4O3S. The molecule has 0 saturated heterocycles. The van der Waals surface area contributed by atoms with E-state index in [1.54, 1.807) is 13.8 Å². The number of aromatic nitrogens is 1. The molecule has 1 aromatic carbocycles. The summed E-state index contributed by atoms with van der Waals surface area (Å²) in [6.07, 6.45) is -2.43. The molecule has 2 aromatic rings. The summed E-state index contributed by atoms with van der Waals surface area (Å²) in [6, 6.07) is 3.78. The van der Waals surface area contributed by atoms with Crippen molar-refractivity contribution < 1.29 is 27.5 Å². The fourth-order valence-electron chi connectivity index (χ4n) is 3.08. The Morgan fingerprint density at radius 1 is 1.30 bits per heavy atom. The summed E-state index contributed by atoms with van der Waals surface area (Å²) in [6.45, 7) is 3.67. The maximum Gasteiger partial charge on any atom is 0.573 e. The number of amides is 2. The van der Waals surface area contributed by atoms with Gasteiger partial charge in [0.2, 0.25) is 11.8 Å². The van der Waals surface area contributed by atoms with Crippen LogP contribution in [0, 0.1) is 5.41 Å². The van der Waals surface area contributed by atoms with Crippen LogP contribution >= 0.6 is 11.3 Å². The lowest BCUT2D eigenvalue weighted by molar-refractivity contribution is -0.274. The van der Waals surface area contributed by atoms with Gasteiger partial charge in [0.05, 0.1) is 22.1 Å². The smallest absolute Gasteiger partial charge is 0.406 e. The average Bonchev–Trinajstić information content (AvgIpc) is 2.99. The van der Waals surface area contributed by atoms with E-state index in [4.69, 9.17) is 5.73 Å². The van der Waals surface area contributed by atoms with Gasteiger partial charge in [-0.3, -0.25) is 9.59 Å². The Balaban J connectivity index is 1.66. The highest BCUT2D eigenvalue weighted by molar-refractivity contribution is 7.22. The summed E-state index contributed by atoms with van der Waals surface area (Å²) in [5.41, 5.74) is 4.75. The van der Waals surface area contributed by atoms with Crippen molar-refractivity contribution in [3.05, 3.63) is 18.2 Å². The van der Waals surface area contributed by atoms with Crippen LogP contribution in [-0.2, 0) is 9.59 Å². The van der Waals surface area contributed by atoms with Crippen LogP contribution < -0.4 is 21.1 Å². The SMILES string of the molecule is CC(C)(CN)C(=O)NC1(CC(=O)Nc2nc3ccc(OC(F)(F)F)cc3s2)CCC1. The Morgan fingerprint density at radius 3 is 2.57 bits per heavy atom. The molecule has 1 aliphatic rings. The summed E-state index contributed by atoms with van der Waals surface area (Å²) in [5.74, 6) is -0.878. The average molecular weight is 444 g/mol. The first kappa shape index (κ1) is 22.3. The lowest BCUT2D eigenvalue weighted by Gasteiger charge is -2.43. The third kappa shape index (κ3) is 5.20. The second kappa shape index (κ2) is 8.03. The molecule has 0 radical (unpaired) electrons. The predicted molar refractivity (Wildman–Crippen MR) is 107 cm³/mol. The first-order chi connectivity index (χ1) is 13.9. The molecule has 11 heteroatoms. The Morgan fingerprint density at radius 2 is 2.00 bits per heavy atom. The fourth-order valence-corrected chi connectivity index (χ4v) is 3.99. The zero-order valence-electron chi connectivity index (χ0n) is 16.6. The Kier molecular flexibility index (Phi) is 5.96. The highest BCUT2D eigenvalue weighted by Crippen LogP contribution is 2.37. The van der Waals surface area contributed by atoms with Gasteiger partial charge in [-0.1, -0.05) is 11.3 Å². The normalized spacial score (nSPS) is 16.1. The Hall–Kier alpha value is -2.40. The van der Waals surface area contributed by atoms with Crippen LogP contribution in [0.5, 0.6) is 5.75 Å². The van der Waals surface area contributed by atoms with Crippen LogP contribution in [0.1, 0.15) is 39.5 Å². The van der Waals surface area contributed by atoms with Crippen molar-refractivity contribution in [2.75, 3.05) is 11.9 Å². The van der Waals surface area contributed by atoms with Crippen LogP contribution in [-0.4, -0.2) is 35.2 Å². The van der Waals surface area contributed by atoms with E-state index in [1.807, 2.05) is 0 Å². The lowest BCUT2D eigenvalue weighted by atomic mass is 9.73. The van der Waals surface area contributed by atoms with Crippen molar-refractivity contribution in [2.45, 2.75) is 51.4 Å². The van der Waals surface area contributed by atoms with Crippen LogP contribution in [0.2, 0.25) is 0 Å². The van der Waals surface area contributed by atoms with Crippen molar-refractivity contribution in [2.24, 2.45) is 11.1 Å². The Labute approximate surface area is 175 Å². The molecule has 0 atom stereocenters. The van der Waals surface area contributed by atoms with Gasteiger partial charge in [-0.15, -0.1) is 13.2 Å². The molecule has 3 rings (SSSR count). The topological polar surface area (TPSA) is 106 Å². The zero-order valence-corrected chi connectivity index (χ0v) is 17.4. The number of anilines is 1. The van der Waals surface area contributed by atoms with Crippen molar-refractivity contribution in [1.29, 1.82) is 0 Å². The Bertz CT molecular complexity index is 954. The number of fused-ring (bicyclic) bond motifs is 1. The third-order valence-corrected chi connectivity index (χ3v) is 6.09. The molecule has 1 aromatic heterocycles. The van der Waals surface area contributed by atoms with Gasteiger partial charge in [0, 0.05) is 18.2 Å². The summed E-state index contributed by atoms with van der Waals surface area (Å²) in [7, 11) is 0. The number of ether oxygens (including phenoxy) is 1. The number of carbonyl (C=O) groups excluding carboxylic acids is 2.